The van der Waals surface area contributed by atoms with Crippen LogP contribution in [-0.2, 0) is 20.8 Å². The summed E-state index contributed by atoms with van der Waals surface area (Å²) in [6, 6.07) is 9.59. The normalized spacial score (nSPS) is 17.0. The first kappa shape index (κ1) is 11.1. The molecule has 0 aromatic heterocycles. The molecule has 0 spiro atoms. The third-order valence-electron chi connectivity index (χ3n) is 2.39. The van der Waals surface area contributed by atoms with Crippen molar-refractivity contribution in [2.24, 2.45) is 0 Å². The molecule has 4 nitrogen and oxygen atoms in total. The van der Waals surface area contributed by atoms with Crippen molar-refractivity contribution in [2.45, 2.75) is 6.42 Å². The molecule has 1 saturated heterocycles. The first-order valence-corrected chi connectivity index (χ1v) is 5.42. The lowest BCUT2D eigenvalue weighted by Gasteiger charge is -2.24. The Labute approximate surface area is 94.7 Å². The van der Waals surface area contributed by atoms with Crippen molar-refractivity contribution >= 4 is 5.97 Å². The number of hydroxylamine groups is 2. The van der Waals surface area contributed by atoms with Gasteiger partial charge in [0, 0.05) is 0 Å². The van der Waals surface area contributed by atoms with E-state index in [1.165, 1.54) is 0 Å². The molecule has 0 radical (unpaired) electrons. The summed E-state index contributed by atoms with van der Waals surface area (Å²) < 4.78 is 5.17. The summed E-state index contributed by atoms with van der Waals surface area (Å²) >= 11 is 0. The van der Waals surface area contributed by atoms with E-state index in [4.69, 9.17) is 9.57 Å². The second-order valence-electron chi connectivity index (χ2n) is 3.67. The summed E-state index contributed by atoms with van der Waals surface area (Å²) in [7, 11) is 0. The minimum Gasteiger partial charge on any atom is -0.379 e. The van der Waals surface area contributed by atoms with Crippen LogP contribution < -0.4 is 0 Å². The number of hydrogen-bond acceptors (Lipinski definition) is 4. The number of carbonyl (C=O) groups is 1. The molecule has 1 fully saturated rings. The maximum absolute atomic E-state index is 11.6. The van der Waals surface area contributed by atoms with Crippen molar-refractivity contribution in [3.8, 4) is 0 Å². The van der Waals surface area contributed by atoms with E-state index in [9.17, 15) is 4.79 Å². The Hall–Kier alpha value is -1.39. The second kappa shape index (κ2) is 5.63. The Balaban J connectivity index is 1.80. The lowest BCUT2D eigenvalue weighted by molar-refractivity contribution is -0.204. The van der Waals surface area contributed by atoms with Crippen LogP contribution in [0.4, 0.5) is 0 Å². The van der Waals surface area contributed by atoms with Crippen LogP contribution in [-0.4, -0.2) is 37.3 Å². The van der Waals surface area contributed by atoms with Crippen LogP contribution in [0.3, 0.4) is 0 Å². The summed E-state index contributed by atoms with van der Waals surface area (Å²) in [5.41, 5.74) is 0.973. The van der Waals surface area contributed by atoms with E-state index in [2.05, 4.69) is 0 Å². The topological polar surface area (TPSA) is 38.8 Å². The van der Waals surface area contributed by atoms with Crippen LogP contribution in [0.25, 0.3) is 0 Å². The molecule has 86 valence electrons. The average molecular weight is 221 g/mol. The van der Waals surface area contributed by atoms with Crippen LogP contribution in [0.2, 0.25) is 0 Å². The van der Waals surface area contributed by atoms with E-state index in [1.54, 1.807) is 5.06 Å². The number of ether oxygens (including phenoxy) is 1. The van der Waals surface area contributed by atoms with E-state index in [-0.39, 0.29) is 5.97 Å². The van der Waals surface area contributed by atoms with Crippen molar-refractivity contribution < 1.29 is 14.4 Å². The molecule has 1 aliphatic heterocycles. The van der Waals surface area contributed by atoms with E-state index < -0.39 is 0 Å². The maximum atomic E-state index is 11.6. The van der Waals surface area contributed by atoms with Gasteiger partial charge in [0.25, 0.3) is 0 Å². The highest BCUT2D eigenvalue weighted by Crippen LogP contribution is 2.03. The van der Waals surface area contributed by atoms with Gasteiger partial charge in [-0.1, -0.05) is 30.3 Å². The molecule has 0 amide bonds. The van der Waals surface area contributed by atoms with Gasteiger partial charge in [-0.15, -0.1) is 5.06 Å². The van der Waals surface area contributed by atoms with Crippen molar-refractivity contribution in [1.82, 2.24) is 5.06 Å². The number of carbonyl (C=O) groups excluding carboxylic acids is 1. The Bertz CT molecular complexity index is 333. The summed E-state index contributed by atoms with van der Waals surface area (Å²) in [5.74, 6) is -0.215. The Morgan fingerprint density at radius 3 is 2.62 bits per heavy atom. The molecule has 1 heterocycles. The van der Waals surface area contributed by atoms with Crippen LogP contribution in [0.15, 0.2) is 30.3 Å². The fraction of sp³-hybridized carbons (Fsp3) is 0.417. The standard InChI is InChI=1S/C12H15NO3/c14-12(10-11-4-2-1-3-5-11)16-13-6-8-15-9-7-13/h1-5H,6-10H2. The highest BCUT2D eigenvalue weighted by Gasteiger charge is 2.15. The van der Waals surface area contributed by atoms with Gasteiger partial charge >= 0.3 is 5.97 Å². The molecule has 0 saturated carbocycles. The predicted molar refractivity (Wildman–Crippen MR) is 58.6 cm³/mol. The molecule has 16 heavy (non-hydrogen) atoms. The third-order valence-corrected chi connectivity index (χ3v) is 2.39. The van der Waals surface area contributed by atoms with E-state index in [0.717, 1.165) is 5.56 Å². The molecule has 1 aromatic carbocycles. The van der Waals surface area contributed by atoms with Crippen molar-refractivity contribution in [3.63, 3.8) is 0 Å². The third kappa shape index (κ3) is 3.32. The quantitative estimate of drug-likeness (QED) is 0.764. The molecule has 1 aromatic rings. The summed E-state index contributed by atoms with van der Waals surface area (Å²) in [6.07, 6.45) is 0.318. The molecule has 0 aliphatic carbocycles. The molecule has 0 N–H and O–H groups in total. The molecular weight excluding hydrogens is 206 g/mol. The number of benzene rings is 1. The van der Waals surface area contributed by atoms with Gasteiger partial charge in [0.1, 0.15) is 0 Å². The Kier molecular flexibility index (Phi) is 3.91. The zero-order valence-corrected chi connectivity index (χ0v) is 9.09. The number of hydrogen-bond donors (Lipinski definition) is 0. The highest BCUT2D eigenvalue weighted by atomic mass is 16.7. The van der Waals surface area contributed by atoms with E-state index >= 15 is 0 Å². The summed E-state index contributed by atoms with van der Waals surface area (Å²) in [5, 5.41) is 1.66. The van der Waals surface area contributed by atoms with Crippen LogP contribution >= 0.6 is 0 Å². The zero-order valence-electron chi connectivity index (χ0n) is 9.09. The van der Waals surface area contributed by atoms with Crippen LogP contribution in [0.5, 0.6) is 0 Å². The maximum Gasteiger partial charge on any atom is 0.329 e. The van der Waals surface area contributed by atoms with Crippen LogP contribution in [0.1, 0.15) is 5.56 Å². The summed E-state index contributed by atoms with van der Waals surface area (Å²) in [6.45, 7) is 2.55. The number of rotatable bonds is 3. The predicted octanol–water partition coefficient (Wildman–Crippen LogP) is 1.02. The number of nitrogens with zero attached hydrogens (tertiary/aromatic N) is 1. The van der Waals surface area contributed by atoms with Gasteiger partial charge in [0.05, 0.1) is 32.7 Å². The zero-order chi connectivity index (χ0) is 11.2. The van der Waals surface area contributed by atoms with Gasteiger partial charge < -0.3 is 9.57 Å². The Morgan fingerprint density at radius 1 is 1.25 bits per heavy atom. The molecule has 4 heteroatoms. The highest BCUT2D eigenvalue weighted by molar-refractivity contribution is 5.72. The Morgan fingerprint density at radius 2 is 1.94 bits per heavy atom. The monoisotopic (exact) mass is 221 g/mol. The first-order chi connectivity index (χ1) is 7.84. The van der Waals surface area contributed by atoms with Gasteiger partial charge in [0.2, 0.25) is 0 Å². The van der Waals surface area contributed by atoms with Crippen molar-refractivity contribution in [1.29, 1.82) is 0 Å². The van der Waals surface area contributed by atoms with Gasteiger partial charge in [-0.25, -0.2) is 4.79 Å². The first-order valence-electron chi connectivity index (χ1n) is 5.42. The van der Waals surface area contributed by atoms with Crippen LogP contribution in [0, 0.1) is 0 Å². The molecule has 0 atom stereocenters. The van der Waals surface area contributed by atoms with E-state index in [0.29, 0.717) is 32.7 Å². The lowest BCUT2D eigenvalue weighted by Crippen LogP contribution is -2.38. The van der Waals surface area contributed by atoms with E-state index in [1.807, 2.05) is 30.3 Å². The van der Waals surface area contributed by atoms with Gasteiger partial charge in [-0.3, -0.25) is 0 Å². The number of morpholine rings is 1. The van der Waals surface area contributed by atoms with Gasteiger partial charge in [0.15, 0.2) is 0 Å². The fourth-order valence-electron chi connectivity index (χ4n) is 1.58. The van der Waals surface area contributed by atoms with Crippen molar-refractivity contribution in [2.75, 3.05) is 26.3 Å². The molecular formula is C12H15NO3. The smallest absolute Gasteiger partial charge is 0.329 e. The molecule has 0 bridgehead atoms. The summed E-state index contributed by atoms with van der Waals surface area (Å²) in [4.78, 5) is 16.8. The van der Waals surface area contributed by atoms with Gasteiger partial charge in [-0.2, -0.15) is 0 Å². The van der Waals surface area contributed by atoms with Crippen molar-refractivity contribution in [3.05, 3.63) is 35.9 Å². The minimum absolute atomic E-state index is 0.215. The largest absolute Gasteiger partial charge is 0.379 e. The lowest BCUT2D eigenvalue weighted by atomic mass is 10.2. The van der Waals surface area contributed by atoms with Gasteiger partial charge in [-0.05, 0) is 5.56 Å². The SMILES string of the molecule is O=C(Cc1ccccc1)ON1CCOCC1. The minimum atomic E-state index is -0.215. The molecule has 1 aliphatic rings. The molecule has 2 rings (SSSR count). The second-order valence-corrected chi connectivity index (χ2v) is 3.67. The average Bonchev–Trinajstić information content (AvgIpc) is 2.31. The molecule has 0 unspecified atom stereocenters. The fourth-order valence-corrected chi connectivity index (χ4v) is 1.58.